The highest BCUT2D eigenvalue weighted by atomic mass is 16.6. The Morgan fingerprint density at radius 1 is 0.600 bits per heavy atom. The fraction of sp³-hybridized carbons (Fsp3) is 0.933. The number of amides is 1. The van der Waals surface area contributed by atoms with Crippen LogP contribution in [0.1, 0.15) is 0 Å². The highest BCUT2D eigenvalue weighted by Crippen LogP contribution is 1.84. The zero-order valence-electron chi connectivity index (χ0n) is 14.7. The number of rotatable bonds is 20. The Bertz CT molecular complexity index is 282. The molecule has 0 aromatic rings. The Balaban J connectivity index is 2.97. The Kier molecular flexibility index (Phi) is 20.2. The molecule has 0 unspecified atom stereocenters. The summed E-state index contributed by atoms with van der Waals surface area (Å²) in [6.45, 7) is 5.64. The average molecular weight is 369 g/mol. The maximum Gasteiger partial charge on any atom is 0.404 e. The van der Waals surface area contributed by atoms with E-state index in [2.05, 4.69) is 5.32 Å². The van der Waals surface area contributed by atoms with Gasteiger partial charge >= 0.3 is 6.09 Å². The zero-order valence-corrected chi connectivity index (χ0v) is 14.7. The van der Waals surface area contributed by atoms with Crippen molar-refractivity contribution in [3.63, 3.8) is 0 Å². The maximum absolute atomic E-state index is 10.2. The average Bonchev–Trinajstić information content (AvgIpc) is 2.60. The first kappa shape index (κ1) is 24.0. The van der Waals surface area contributed by atoms with Crippen molar-refractivity contribution in [2.45, 2.75) is 0 Å². The van der Waals surface area contributed by atoms with E-state index < -0.39 is 6.09 Å². The molecular weight excluding hydrogens is 338 g/mol. The molecule has 10 nitrogen and oxygen atoms in total. The molecule has 0 heterocycles. The molecule has 0 bridgehead atoms. The minimum atomic E-state index is -1.06. The Labute approximate surface area is 148 Å². The highest BCUT2D eigenvalue weighted by Gasteiger charge is 1.95. The van der Waals surface area contributed by atoms with Gasteiger partial charge in [0.25, 0.3) is 0 Å². The summed E-state index contributed by atoms with van der Waals surface area (Å²) in [5.41, 5.74) is 0. The summed E-state index contributed by atoms with van der Waals surface area (Å²) in [5, 5.41) is 19.0. The molecule has 0 rings (SSSR count). The lowest BCUT2D eigenvalue weighted by molar-refractivity contribution is -0.0180. The molecule has 0 atom stereocenters. The summed E-state index contributed by atoms with van der Waals surface area (Å²) in [7, 11) is 0. The lowest BCUT2D eigenvalue weighted by Crippen LogP contribution is -2.25. The molecule has 0 radical (unpaired) electrons. The van der Waals surface area contributed by atoms with Crippen LogP contribution < -0.4 is 5.32 Å². The minimum Gasteiger partial charge on any atom is -0.465 e. The molecule has 1 amide bonds. The molecule has 0 saturated heterocycles. The molecule has 3 N–H and O–H groups in total. The number of hydrogen-bond donors (Lipinski definition) is 3. The number of ether oxygens (including phenoxy) is 6. The zero-order chi connectivity index (χ0) is 18.4. The molecule has 0 saturated carbocycles. The summed E-state index contributed by atoms with van der Waals surface area (Å²) < 4.78 is 31.4. The summed E-state index contributed by atoms with van der Waals surface area (Å²) in [4.78, 5) is 10.2. The van der Waals surface area contributed by atoms with E-state index in [4.69, 9.17) is 38.6 Å². The molecule has 0 spiro atoms. The van der Waals surface area contributed by atoms with Crippen LogP contribution in [0.3, 0.4) is 0 Å². The van der Waals surface area contributed by atoms with Gasteiger partial charge in [-0.3, -0.25) is 0 Å². The third-order valence-electron chi connectivity index (χ3n) is 2.62. The first-order valence-corrected chi connectivity index (χ1v) is 8.31. The van der Waals surface area contributed by atoms with Gasteiger partial charge in [-0.05, 0) is 0 Å². The molecule has 0 aromatic carbocycles. The van der Waals surface area contributed by atoms with E-state index >= 15 is 0 Å². The highest BCUT2D eigenvalue weighted by molar-refractivity contribution is 5.64. The molecular formula is C15H31NO9. The maximum atomic E-state index is 10.2. The van der Waals surface area contributed by atoms with Gasteiger partial charge in [-0.25, -0.2) is 4.79 Å². The Hall–Kier alpha value is -1.01. The molecule has 0 aliphatic carbocycles. The third kappa shape index (κ3) is 23.0. The van der Waals surface area contributed by atoms with E-state index in [1.54, 1.807) is 0 Å². The van der Waals surface area contributed by atoms with Gasteiger partial charge in [0.15, 0.2) is 0 Å². The molecule has 0 fully saturated rings. The number of carbonyl (C=O) groups is 1. The van der Waals surface area contributed by atoms with Crippen LogP contribution in [0.25, 0.3) is 0 Å². The van der Waals surface area contributed by atoms with Gasteiger partial charge in [-0.2, -0.15) is 0 Å². The predicted molar refractivity (Wildman–Crippen MR) is 88.0 cm³/mol. The van der Waals surface area contributed by atoms with Crippen molar-refractivity contribution >= 4 is 6.09 Å². The quantitative estimate of drug-likeness (QED) is 0.240. The van der Waals surface area contributed by atoms with Crippen LogP contribution in [0.15, 0.2) is 0 Å². The second-order valence-corrected chi connectivity index (χ2v) is 4.63. The summed E-state index contributed by atoms with van der Waals surface area (Å²) in [6, 6.07) is 0. The first-order valence-electron chi connectivity index (χ1n) is 8.31. The fourth-order valence-electron chi connectivity index (χ4n) is 1.50. The van der Waals surface area contributed by atoms with Crippen molar-refractivity contribution in [2.75, 3.05) is 92.4 Å². The second kappa shape index (κ2) is 21.0. The van der Waals surface area contributed by atoms with Gasteiger partial charge < -0.3 is 44.0 Å². The Morgan fingerprint density at radius 3 is 1.24 bits per heavy atom. The van der Waals surface area contributed by atoms with E-state index in [0.717, 1.165) is 0 Å². The van der Waals surface area contributed by atoms with Gasteiger partial charge in [0.05, 0.1) is 85.9 Å². The van der Waals surface area contributed by atoms with Crippen LogP contribution in [0.5, 0.6) is 0 Å². The summed E-state index contributed by atoms with van der Waals surface area (Å²) >= 11 is 0. The van der Waals surface area contributed by atoms with E-state index in [0.29, 0.717) is 79.3 Å². The fourth-order valence-corrected chi connectivity index (χ4v) is 1.50. The number of nitrogens with one attached hydrogen (secondary N) is 1. The molecule has 25 heavy (non-hydrogen) atoms. The van der Waals surface area contributed by atoms with Crippen molar-refractivity contribution in [1.82, 2.24) is 5.32 Å². The molecule has 0 aliphatic heterocycles. The van der Waals surface area contributed by atoms with Crippen molar-refractivity contribution in [3.8, 4) is 0 Å². The number of carboxylic acid groups (broad SMARTS) is 1. The summed E-state index contributed by atoms with van der Waals surface area (Å²) in [5.74, 6) is 0. The van der Waals surface area contributed by atoms with Crippen LogP contribution in [-0.4, -0.2) is 109 Å². The molecule has 150 valence electrons. The SMILES string of the molecule is O=C(O)NCCOCCOCCOCCOCCOCCOCCO. The van der Waals surface area contributed by atoms with Gasteiger partial charge in [0, 0.05) is 6.54 Å². The standard InChI is InChI=1S/C15H31NO9/c17-2-4-21-6-8-23-10-12-25-14-13-24-11-9-22-7-5-20-3-1-16-15(18)19/h16-17H,1-14H2,(H,18,19). The number of hydrogen-bond acceptors (Lipinski definition) is 8. The van der Waals surface area contributed by atoms with E-state index in [1.165, 1.54) is 0 Å². The topological polar surface area (TPSA) is 125 Å². The smallest absolute Gasteiger partial charge is 0.404 e. The largest absolute Gasteiger partial charge is 0.465 e. The van der Waals surface area contributed by atoms with E-state index in [9.17, 15) is 4.79 Å². The Morgan fingerprint density at radius 2 is 0.920 bits per heavy atom. The van der Waals surface area contributed by atoms with Crippen LogP contribution in [0.2, 0.25) is 0 Å². The number of aliphatic hydroxyl groups excluding tert-OH is 1. The van der Waals surface area contributed by atoms with Gasteiger partial charge in [0.2, 0.25) is 0 Å². The molecule has 0 aromatic heterocycles. The lowest BCUT2D eigenvalue weighted by atomic mass is 10.6. The molecule has 0 aliphatic rings. The van der Waals surface area contributed by atoms with Crippen LogP contribution >= 0.6 is 0 Å². The van der Waals surface area contributed by atoms with Gasteiger partial charge in [-0.1, -0.05) is 0 Å². The van der Waals surface area contributed by atoms with Gasteiger partial charge in [-0.15, -0.1) is 0 Å². The second-order valence-electron chi connectivity index (χ2n) is 4.63. The first-order chi connectivity index (χ1) is 12.3. The van der Waals surface area contributed by atoms with Gasteiger partial charge in [0.1, 0.15) is 0 Å². The van der Waals surface area contributed by atoms with Crippen molar-refractivity contribution in [2.24, 2.45) is 0 Å². The van der Waals surface area contributed by atoms with E-state index in [-0.39, 0.29) is 13.2 Å². The summed E-state index contributed by atoms with van der Waals surface area (Å²) in [6.07, 6.45) is -1.06. The normalized spacial score (nSPS) is 10.9. The lowest BCUT2D eigenvalue weighted by Gasteiger charge is -2.08. The molecule has 10 heteroatoms. The van der Waals surface area contributed by atoms with Crippen molar-refractivity contribution in [1.29, 1.82) is 0 Å². The van der Waals surface area contributed by atoms with Crippen LogP contribution in [0, 0.1) is 0 Å². The van der Waals surface area contributed by atoms with Crippen molar-refractivity contribution < 1.29 is 43.4 Å². The minimum absolute atomic E-state index is 0.0221. The van der Waals surface area contributed by atoms with Crippen LogP contribution in [0.4, 0.5) is 4.79 Å². The van der Waals surface area contributed by atoms with E-state index in [1.807, 2.05) is 0 Å². The monoisotopic (exact) mass is 369 g/mol. The van der Waals surface area contributed by atoms with Crippen LogP contribution in [-0.2, 0) is 28.4 Å². The number of aliphatic hydroxyl groups is 1. The third-order valence-corrected chi connectivity index (χ3v) is 2.62. The predicted octanol–water partition coefficient (Wildman–Crippen LogP) is -0.654. The van der Waals surface area contributed by atoms with Crippen molar-refractivity contribution in [3.05, 3.63) is 0 Å².